The average Bonchev–Trinajstić information content (AvgIpc) is 2.37. The van der Waals surface area contributed by atoms with E-state index < -0.39 is 5.97 Å². The Hall–Kier alpha value is -0.910. The van der Waals surface area contributed by atoms with E-state index in [2.05, 4.69) is 10.6 Å². The van der Waals surface area contributed by atoms with Gasteiger partial charge in [0.2, 0.25) is 0 Å². The highest BCUT2D eigenvalue weighted by Crippen LogP contribution is 2.24. The average molecular weight is 288 g/mol. The highest BCUT2D eigenvalue weighted by molar-refractivity contribution is 7.99. The molecule has 3 N–H and O–H groups in total. The van der Waals surface area contributed by atoms with Gasteiger partial charge in [0, 0.05) is 24.3 Å². The van der Waals surface area contributed by atoms with Crippen LogP contribution < -0.4 is 10.6 Å². The van der Waals surface area contributed by atoms with E-state index >= 15 is 0 Å². The van der Waals surface area contributed by atoms with Crippen LogP contribution in [0.3, 0.4) is 0 Å². The van der Waals surface area contributed by atoms with E-state index in [1.807, 2.05) is 18.7 Å². The quantitative estimate of drug-likeness (QED) is 0.671. The highest BCUT2D eigenvalue weighted by atomic mass is 32.2. The minimum Gasteiger partial charge on any atom is -0.481 e. The topological polar surface area (TPSA) is 78.4 Å². The molecule has 1 rings (SSSR count). The van der Waals surface area contributed by atoms with Crippen molar-refractivity contribution in [3.63, 3.8) is 0 Å². The molecule has 1 fully saturated rings. The maximum Gasteiger partial charge on any atom is 0.315 e. The summed E-state index contributed by atoms with van der Waals surface area (Å²) in [6.45, 7) is 2.62. The van der Waals surface area contributed by atoms with Crippen LogP contribution in [0.1, 0.15) is 45.4 Å². The Bertz CT molecular complexity index is 294. The molecule has 0 aromatic rings. The molecule has 19 heavy (non-hydrogen) atoms. The van der Waals surface area contributed by atoms with Gasteiger partial charge in [-0.1, -0.05) is 6.42 Å². The molecule has 1 heterocycles. The van der Waals surface area contributed by atoms with Crippen molar-refractivity contribution < 1.29 is 14.7 Å². The van der Waals surface area contributed by atoms with Crippen LogP contribution in [-0.4, -0.2) is 40.7 Å². The Morgan fingerprint density at radius 2 is 2.21 bits per heavy atom. The van der Waals surface area contributed by atoms with Crippen molar-refractivity contribution in [3.8, 4) is 0 Å². The second kappa shape index (κ2) is 9.07. The fraction of sp³-hybridized carbons (Fsp3) is 0.846. The molecule has 0 saturated carbocycles. The second-order valence-electron chi connectivity index (χ2n) is 5.03. The van der Waals surface area contributed by atoms with Crippen molar-refractivity contribution in [2.75, 3.05) is 12.3 Å². The predicted molar refractivity (Wildman–Crippen MR) is 77.6 cm³/mol. The molecule has 0 aromatic heterocycles. The Morgan fingerprint density at radius 3 is 2.84 bits per heavy atom. The van der Waals surface area contributed by atoms with Crippen molar-refractivity contribution >= 4 is 23.8 Å². The molecular formula is C13H24N2O3S. The van der Waals surface area contributed by atoms with Crippen molar-refractivity contribution in [2.24, 2.45) is 0 Å². The van der Waals surface area contributed by atoms with E-state index in [9.17, 15) is 9.59 Å². The van der Waals surface area contributed by atoms with E-state index in [-0.39, 0.29) is 18.5 Å². The van der Waals surface area contributed by atoms with Crippen molar-refractivity contribution in [1.82, 2.24) is 10.6 Å². The number of urea groups is 1. The lowest BCUT2D eigenvalue weighted by atomic mass is 10.1. The molecule has 6 heteroatoms. The Morgan fingerprint density at radius 1 is 1.42 bits per heavy atom. The minimum atomic E-state index is -0.786. The zero-order chi connectivity index (χ0) is 14.1. The molecular weight excluding hydrogens is 264 g/mol. The highest BCUT2D eigenvalue weighted by Gasteiger charge is 2.15. The van der Waals surface area contributed by atoms with Gasteiger partial charge in [0.05, 0.1) is 0 Å². The number of carbonyl (C=O) groups excluding carboxylic acids is 1. The summed E-state index contributed by atoms with van der Waals surface area (Å²) in [5.74, 6) is 0.408. The van der Waals surface area contributed by atoms with E-state index in [1.54, 1.807) is 0 Å². The number of nitrogens with one attached hydrogen (secondary N) is 2. The number of aliphatic carboxylic acids is 1. The summed E-state index contributed by atoms with van der Waals surface area (Å²) in [6.07, 6.45) is 5.17. The van der Waals surface area contributed by atoms with Crippen LogP contribution in [0.15, 0.2) is 0 Å². The van der Waals surface area contributed by atoms with Crippen molar-refractivity contribution in [1.29, 1.82) is 0 Å². The summed E-state index contributed by atoms with van der Waals surface area (Å²) in [6, 6.07) is -0.132. The number of carbonyl (C=O) groups is 2. The van der Waals surface area contributed by atoms with Gasteiger partial charge in [-0.25, -0.2) is 4.79 Å². The van der Waals surface area contributed by atoms with Gasteiger partial charge in [0.25, 0.3) is 0 Å². The van der Waals surface area contributed by atoms with Gasteiger partial charge in [0.15, 0.2) is 0 Å². The first-order valence-electron chi connectivity index (χ1n) is 6.95. The molecule has 0 radical (unpaired) electrons. The molecule has 2 atom stereocenters. The molecule has 110 valence electrons. The summed E-state index contributed by atoms with van der Waals surface area (Å²) < 4.78 is 0. The second-order valence-corrected chi connectivity index (χ2v) is 6.44. The monoisotopic (exact) mass is 288 g/mol. The van der Waals surface area contributed by atoms with Gasteiger partial charge in [-0.05, 0) is 38.4 Å². The molecule has 1 saturated heterocycles. The molecule has 2 unspecified atom stereocenters. The number of amides is 2. The van der Waals surface area contributed by atoms with Gasteiger partial charge < -0.3 is 15.7 Å². The molecule has 0 aromatic carbocycles. The first-order valence-corrected chi connectivity index (χ1v) is 8.00. The fourth-order valence-corrected chi connectivity index (χ4v) is 3.32. The lowest BCUT2D eigenvalue weighted by Crippen LogP contribution is -2.43. The Balaban J connectivity index is 2.07. The summed E-state index contributed by atoms with van der Waals surface area (Å²) in [7, 11) is 0. The number of thioether (sulfide) groups is 1. The summed E-state index contributed by atoms with van der Waals surface area (Å²) >= 11 is 1.93. The molecule has 1 aliphatic rings. The van der Waals surface area contributed by atoms with E-state index in [0.717, 1.165) is 6.54 Å². The van der Waals surface area contributed by atoms with Crippen LogP contribution in [0.2, 0.25) is 0 Å². The molecule has 0 bridgehead atoms. The lowest BCUT2D eigenvalue weighted by Gasteiger charge is -2.22. The summed E-state index contributed by atoms with van der Waals surface area (Å²) in [5, 5.41) is 14.8. The maximum absolute atomic E-state index is 11.6. The van der Waals surface area contributed by atoms with Crippen LogP contribution in [0, 0.1) is 0 Å². The van der Waals surface area contributed by atoms with Gasteiger partial charge in [-0.2, -0.15) is 11.8 Å². The van der Waals surface area contributed by atoms with Crippen molar-refractivity contribution in [2.45, 2.75) is 56.7 Å². The number of hydrogen-bond acceptors (Lipinski definition) is 3. The van der Waals surface area contributed by atoms with E-state index in [1.165, 1.54) is 25.0 Å². The van der Waals surface area contributed by atoms with Gasteiger partial charge in [-0.15, -0.1) is 0 Å². The van der Waals surface area contributed by atoms with Crippen LogP contribution in [0.4, 0.5) is 4.79 Å². The van der Waals surface area contributed by atoms with Gasteiger partial charge in [-0.3, -0.25) is 4.79 Å². The predicted octanol–water partition coefficient (Wildman–Crippen LogP) is 2.21. The summed E-state index contributed by atoms with van der Waals surface area (Å²) in [4.78, 5) is 22.0. The number of hydrogen-bond donors (Lipinski definition) is 3. The molecule has 1 aliphatic heterocycles. The SMILES string of the molecule is CC(CCCC(=O)O)NC(=O)NCC1CCCCS1. The first-order chi connectivity index (χ1) is 9.08. The third kappa shape index (κ3) is 7.97. The van der Waals surface area contributed by atoms with Crippen LogP contribution in [0.5, 0.6) is 0 Å². The minimum absolute atomic E-state index is 0.0124. The third-order valence-corrected chi connectivity index (χ3v) is 4.57. The van der Waals surface area contributed by atoms with Crippen LogP contribution >= 0.6 is 11.8 Å². The molecule has 0 aliphatic carbocycles. The maximum atomic E-state index is 11.6. The standard InChI is InChI=1S/C13H24N2O3S/c1-10(5-4-7-12(16)17)15-13(18)14-9-11-6-2-3-8-19-11/h10-11H,2-9H2,1H3,(H,16,17)(H2,14,15,18). The van der Waals surface area contributed by atoms with Crippen LogP contribution in [0.25, 0.3) is 0 Å². The largest absolute Gasteiger partial charge is 0.481 e. The van der Waals surface area contributed by atoms with Gasteiger partial charge >= 0.3 is 12.0 Å². The summed E-state index contributed by atoms with van der Waals surface area (Å²) in [5.41, 5.74) is 0. The Kier molecular flexibility index (Phi) is 7.70. The van der Waals surface area contributed by atoms with Gasteiger partial charge in [0.1, 0.15) is 0 Å². The van der Waals surface area contributed by atoms with E-state index in [4.69, 9.17) is 5.11 Å². The van der Waals surface area contributed by atoms with Crippen LogP contribution in [-0.2, 0) is 4.79 Å². The molecule has 5 nitrogen and oxygen atoms in total. The normalized spacial score (nSPS) is 20.6. The number of rotatable bonds is 7. The lowest BCUT2D eigenvalue weighted by molar-refractivity contribution is -0.137. The van der Waals surface area contributed by atoms with E-state index in [0.29, 0.717) is 18.1 Å². The molecule has 0 spiro atoms. The zero-order valence-corrected chi connectivity index (χ0v) is 12.3. The third-order valence-electron chi connectivity index (χ3n) is 3.17. The fourth-order valence-electron chi connectivity index (χ4n) is 2.08. The number of carboxylic acid groups (broad SMARTS) is 1. The molecule has 2 amide bonds. The zero-order valence-electron chi connectivity index (χ0n) is 11.5. The number of carboxylic acids is 1. The first kappa shape index (κ1) is 16.1. The Labute approximate surface area is 118 Å². The van der Waals surface area contributed by atoms with Crippen molar-refractivity contribution in [3.05, 3.63) is 0 Å². The smallest absolute Gasteiger partial charge is 0.315 e.